The summed E-state index contributed by atoms with van der Waals surface area (Å²) in [6, 6.07) is 15.2. The fraction of sp³-hybridized carbons (Fsp3) is 0.300. The topological polar surface area (TPSA) is 55.8 Å². The second-order valence-electron chi connectivity index (χ2n) is 5.56. The largest absolute Gasteiger partial charge is 0.449 e. The number of rotatable bonds is 9. The molecule has 0 aromatic heterocycles. The lowest BCUT2D eigenvalue weighted by molar-refractivity contribution is 0.288. The smallest absolute Gasteiger partial charge is 0.372 e. The Bertz CT molecular complexity index is 808. The van der Waals surface area contributed by atoms with Gasteiger partial charge < -0.3 is 9.08 Å². The molecule has 0 saturated heterocycles. The van der Waals surface area contributed by atoms with Gasteiger partial charge in [0.25, 0.3) is 0 Å². The van der Waals surface area contributed by atoms with Crippen LogP contribution in [-0.2, 0) is 14.6 Å². The van der Waals surface area contributed by atoms with E-state index >= 15 is 0 Å². The van der Waals surface area contributed by atoms with E-state index in [1.54, 1.807) is 31.2 Å². The molecule has 0 aliphatic heterocycles. The molecular weight excluding hydrogens is 350 g/mol. The third-order valence-electron chi connectivity index (χ3n) is 3.83. The molecule has 0 atom stereocenters. The summed E-state index contributed by atoms with van der Waals surface area (Å²) in [4.78, 5) is 2.29. The third kappa shape index (κ3) is 5.89. The summed E-state index contributed by atoms with van der Waals surface area (Å²) in [5.41, 5.74) is 3.25. The minimum Gasteiger partial charge on any atom is -0.372 e. The molecular formula is C20H25NO4S. The van der Waals surface area contributed by atoms with Crippen LogP contribution in [0.5, 0.6) is 5.75 Å². The van der Waals surface area contributed by atoms with Crippen LogP contribution in [0.1, 0.15) is 31.9 Å². The third-order valence-corrected chi connectivity index (χ3v) is 4.75. The lowest BCUT2D eigenvalue weighted by atomic mass is 10.1. The van der Waals surface area contributed by atoms with Crippen LogP contribution in [0.2, 0.25) is 0 Å². The van der Waals surface area contributed by atoms with Crippen LogP contribution in [-0.4, -0.2) is 28.1 Å². The highest BCUT2D eigenvalue weighted by molar-refractivity contribution is 7.82. The van der Waals surface area contributed by atoms with Gasteiger partial charge in [-0.15, -0.1) is 0 Å². The Labute approximate surface area is 156 Å². The molecule has 0 spiro atoms. The number of hydrogen-bond acceptors (Lipinski definition) is 5. The summed E-state index contributed by atoms with van der Waals surface area (Å²) < 4.78 is 32.3. The minimum absolute atomic E-state index is 0.0379. The molecule has 0 unspecified atom stereocenters. The number of hydrogen-bond donors (Lipinski definition) is 0. The molecule has 0 amide bonds. The van der Waals surface area contributed by atoms with Gasteiger partial charge in [-0.2, -0.15) is 8.42 Å². The van der Waals surface area contributed by atoms with Crippen molar-refractivity contribution < 1.29 is 16.8 Å². The van der Waals surface area contributed by atoms with Crippen LogP contribution in [0.4, 0.5) is 5.69 Å². The zero-order valence-corrected chi connectivity index (χ0v) is 16.2. The van der Waals surface area contributed by atoms with E-state index in [0.717, 1.165) is 24.2 Å². The van der Waals surface area contributed by atoms with Gasteiger partial charge in [-0.3, -0.25) is 0 Å². The average Bonchev–Trinajstić information content (AvgIpc) is 2.63. The van der Waals surface area contributed by atoms with Crippen molar-refractivity contribution in [1.29, 1.82) is 0 Å². The van der Waals surface area contributed by atoms with Crippen LogP contribution < -0.4 is 9.08 Å². The summed E-state index contributed by atoms with van der Waals surface area (Å²) in [7, 11) is -3.99. The first-order valence-corrected chi connectivity index (χ1v) is 10.0. The van der Waals surface area contributed by atoms with E-state index in [1.807, 2.05) is 12.2 Å². The van der Waals surface area contributed by atoms with Crippen molar-refractivity contribution in [3.63, 3.8) is 0 Å². The predicted octanol–water partition coefficient (Wildman–Crippen LogP) is 4.36. The fourth-order valence-electron chi connectivity index (χ4n) is 2.50. The van der Waals surface area contributed by atoms with Crippen LogP contribution >= 0.6 is 0 Å². The maximum absolute atomic E-state index is 11.5. The van der Waals surface area contributed by atoms with Crippen LogP contribution in [0.3, 0.4) is 0 Å². The van der Waals surface area contributed by atoms with Crippen LogP contribution in [0.15, 0.2) is 48.5 Å². The van der Waals surface area contributed by atoms with Gasteiger partial charge in [0.05, 0.1) is 6.61 Å². The molecule has 26 heavy (non-hydrogen) atoms. The van der Waals surface area contributed by atoms with Crippen molar-refractivity contribution in [3.8, 4) is 5.75 Å². The zero-order chi connectivity index (χ0) is 19.0. The molecule has 2 aromatic carbocycles. The highest BCUT2D eigenvalue weighted by atomic mass is 32.3. The van der Waals surface area contributed by atoms with E-state index in [9.17, 15) is 8.42 Å². The van der Waals surface area contributed by atoms with E-state index in [0.29, 0.717) is 0 Å². The second kappa shape index (κ2) is 9.40. The Morgan fingerprint density at radius 3 is 1.81 bits per heavy atom. The quantitative estimate of drug-likeness (QED) is 0.610. The van der Waals surface area contributed by atoms with Gasteiger partial charge >= 0.3 is 10.4 Å². The van der Waals surface area contributed by atoms with Gasteiger partial charge in [0.15, 0.2) is 0 Å². The molecule has 0 fully saturated rings. The van der Waals surface area contributed by atoms with Gasteiger partial charge in [-0.05, 0) is 56.2 Å². The Kier molecular flexibility index (Phi) is 7.24. The SMILES string of the molecule is CCOS(=O)(=O)Oc1ccc(/C=C/c2ccc(N(CC)CC)cc2)cc1. The van der Waals surface area contributed by atoms with E-state index in [1.165, 1.54) is 5.69 Å². The van der Waals surface area contributed by atoms with Gasteiger partial charge in [-0.25, -0.2) is 4.18 Å². The van der Waals surface area contributed by atoms with E-state index < -0.39 is 10.4 Å². The Hall–Kier alpha value is -2.31. The van der Waals surface area contributed by atoms with Crippen molar-refractivity contribution in [1.82, 2.24) is 0 Å². The highest BCUT2D eigenvalue weighted by Gasteiger charge is 2.11. The maximum atomic E-state index is 11.5. The second-order valence-corrected chi connectivity index (χ2v) is 6.78. The summed E-state index contributed by atoms with van der Waals surface area (Å²) >= 11 is 0. The first-order chi connectivity index (χ1) is 12.5. The van der Waals surface area contributed by atoms with Crippen molar-refractivity contribution in [2.45, 2.75) is 20.8 Å². The summed E-state index contributed by atoms with van der Waals surface area (Å²) in [6.45, 7) is 7.88. The van der Waals surface area contributed by atoms with Gasteiger partial charge in [-0.1, -0.05) is 36.4 Å². The van der Waals surface area contributed by atoms with E-state index in [2.05, 4.69) is 47.2 Å². The lowest BCUT2D eigenvalue weighted by Crippen LogP contribution is -2.21. The summed E-state index contributed by atoms with van der Waals surface area (Å²) in [5, 5.41) is 0. The average molecular weight is 375 g/mol. The fourth-order valence-corrected chi connectivity index (χ4v) is 3.18. The van der Waals surface area contributed by atoms with E-state index in [-0.39, 0.29) is 12.4 Å². The molecule has 0 aliphatic rings. The molecule has 0 radical (unpaired) electrons. The Morgan fingerprint density at radius 1 is 0.846 bits per heavy atom. The van der Waals surface area contributed by atoms with Crippen LogP contribution in [0, 0.1) is 0 Å². The van der Waals surface area contributed by atoms with Crippen molar-refractivity contribution in [3.05, 3.63) is 59.7 Å². The van der Waals surface area contributed by atoms with Crippen LogP contribution in [0.25, 0.3) is 12.2 Å². The molecule has 0 bridgehead atoms. The monoisotopic (exact) mass is 375 g/mol. The van der Waals surface area contributed by atoms with Gasteiger partial charge in [0.2, 0.25) is 0 Å². The zero-order valence-electron chi connectivity index (χ0n) is 15.4. The predicted molar refractivity (Wildman–Crippen MR) is 107 cm³/mol. The van der Waals surface area contributed by atoms with E-state index in [4.69, 9.17) is 4.18 Å². The molecule has 140 valence electrons. The molecule has 5 nitrogen and oxygen atoms in total. The van der Waals surface area contributed by atoms with Crippen molar-refractivity contribution in [2.24, 2.45) is 0 Å². The Morgan fingerprint density at radius 2 is 1.35 bits per heavy atom. The first kappa shape index (κ1) is 20.0. The van der Waals surface area contributed by atoms with Gasteiger partial charge in [0, 0.05) is 18.8 Å². The molecule has 0 saturated carbocycles. The molecule has 0 N–H and O–H groups in total. The van der Waals surface area contributed by atoms with Crippen molar-refractivity contribution in [2.75, 3.05) is 24.6 Å². The summed E-state index contributed by atoms with van der Waals surface area (Å²) in [5.74, 6) is 0.221. The molecule has 2 aromatic rings. The summed E-state index contributed by atoms with van der Waals surface area (Å²) in [6.07, 6.45) is 3.98. The molecule has 6 heteroatoms. The van der Waals surface area contributed by atoms with Gasteiger partial charge in [0.1, 0.15) is 5.75 Å². The molecule has 0 aliphatic carbocycles. The standard InChI is InChI=1S/C20H25NO4S/c1-4-21(5-2)19-13-9-17(10-14-19)7-8-18-11-15-20(16-12-18)25-26(22,23)24-6-3/h7-16H,4-6H2,1-3H3/b8-7+. The highest BCUT2D eigenvalue weighted by Crippen LogP contribution is 2.19. The Balaban J connectivity index is 2.02. The normalized spacial score (nSPS) is 11.7. The van der Waals surface area contributed by atoms with Crippen molar-refractivity contribution >= 4 is 28.2 Å². The number of nitrogens with zero attached hydrogens (tertiary/aromatic N) is 1. The number of benzene rings is 2. The minimum atomic E-state index is -3.99. The first-order valence-electron chi connectivity index (χ1n) is 8.69. The molecule has 0 heterocycles. The maximum Gasteiger partial charge on any atom is 0.449 e. The number of anilines is 1. The molecule has 2 rings (SSSR count). The lowest BCUT2D eigenvalue weighted by Gasteiger charge is -2.20.